The average molecular weight is 287 g/mol. The summed E-state index contributed by atoms with van der Waals surface area (Å²) in [6.07, 6.45) is -8.82. The van der Waals surface area contributed by atoms with Gasteiger partial charge in [-0.25, -0.2) is 4.79 Å². The molecule has 0 aliphatic rings. The molecule has 0 heterocycles. The summed E-state index contributed by atoms with van der Waals surface area (Å²) in [5.41, 5.74) is -2.91. The van der Waals surface area contributed by atoms with Gasteiger partial charge in [0.25, 0.3) is 0 Å². The number of benzene rings is 1. The van der Waals surface area contributed by atoms with Crippen molar-refractivity contribution >= 4 is 18.0 Å². The minimum Gasteiger partial charge on any atom is -0.210 e. The van der Waals surface area contributed by atoms with Crippen LogP contribution >= 0.6 is 11.9 Å². The Balaban J connectivity index is 3.33. The molecule has 9 heteroatoms. The maximum absolute atomic E-state index is 12.4. The van der Waals surface area contributed by atoms with Crippen LogP contribution in [0.5, 0.6) is 0 Å². The highest BCUT2D eigenvalue weighted by molar-refractivity contribution is 7.98. The molecule has 0 unspecified atom stereocenters. The number of halogens is 6. The fourth-order valence-corrected chi connectivity index (χ4v) is 1.55. The highest BCUT2D eigenvalue weighted by atomic mass is 32.2. The van der Waals surface area contributed by atoms with Crippen molar-refractivity contribution in [3.63, 3.8) is 0 Å². The number of rotatable bonds is 2. The quantitative estimate of drug-likeness (QED) is 0.355. The molecule has 18 heavy (non-hydrogen) atoms. The lowest BCUT2D eigenvalue weighted by Gasteiger charge is -2.12. The summed E-state index contributed by atoms with van der Waals surface area (Å²) in [4.78, 5) is 9.34. The molecule has 1 aromatic rings. The Morgan fingerprint density at radius 1 is 0.944 bits per heavy atom. The summed E-state index contributed by atoms with van der Waals surface area (Å²) in [5.74, 6) is 0. The Morgan fingerprint density at radius 2 is 1.39 bits per heavy atom. The van der Waals surface area contributed by atoms with E-state index in [1.165, 1.54) is 0 Å². The topological polar surface area (TPSA) is 29.4 Å². The van der Waals surface area contributed by atoms with Gasteiger partial charge in [-0.2, -0.15) is 26.3 Å². The first kappa shape index (κ1) is 14.6. The summed E-state index contributed by atoms with van der Waals surface area (Å²) in [6.45, 7) is 0. The van der Waals surface area contributed by atoms with Crippen molar-refractivity contribution in [1.82, 2.24) is 0 Å². The van der Waals surface area contributed by atoms with Gasteiger partial charge in [-0.15, -0.1) is 4.40 Å². The number of isocyanates is 1. The Hall–Kier alpha value is -1.47. The zero-order chi connectivity index (χ0) is 14.0. The van der Waals surface area contributed by atoms with E-state index in [2.05, 4.69) is 4.40 Å². The molecule has 0 saturated carbocycles. The van der Waals surface area contributed by atoms with Gasteiger partial charge in [-0.1, -0.05) is 0 Å². The van der Waals surface area contributed by atoms with Crippen LogP contribution in [0.2, 0.25) is 0 Å². The lowest BCUT2D eigenvalue weighted by atomic mass is 10.1. The molecule has 0 aliphatic heterocycles. The van der Waals surface area contributed by atoms with Crippen LogP contribution in [0.3, 0.4) is 0 Å². The average Bonchev–Trinajstić information content (AvgIpc) is 2.23. The van der Waals surface area contributed by atoms with Crippen molar-refractivity contribution in [2.24, 2.45) is 4.40 Å². The van der Waals surface area contributed by atoms with Gasteiger partial charge in [0.1, 0.15) is 0 Å². The fraction of sp³-hybridized carbons (Fsp3) is 0.222. The summed E-state index contributed by atoms with van der Waals surface area (Å²) < 4.78 is 77.1. The van der Waals surface area contributed by atoms with E-state index >= 15 is 0 Å². The first-order chi connectivity index (χ1) is 8.14. The second kappa shape index (κ2) is 5.03. The first-order valence-electron chi connectivity index (χ1n) is 4.18. The molecule has 98 valence electrons. The summed E-state index contributed by atoms with van der Waals surface area (Å²) in [7, 11) is 0. The van der Waals surface area contributed by atoms with E-state index < -0.39 is 28.4 Å². The number of carbonyl (C=O) groups excluding carboxylic acids is 1. The molecule has 0 aliphatic carbocycles. The lowest BCUT2D eigenvalue weighted by Crippen LogP contribution is -2.10. The molecule has 2 nitrogen and oxygen atoms in total. The molecular formula is C9H3F6NOS. The summed E-state index contributed by atoms with van der Waals surface area (Å²) in [5, 5.41) is 0. The largest absolute Gasteiger partial charge is 0.416 e. The van der Waals surface area contributed by atoms with Crippen molar-refractivity contribution in [2.75, 3.05) is 0 Å². The lowest BCUT2D eigenvalue weighted by molar-refractivity contribution is -0.143. The van der Waals surface area contributed by atoms with Crippen LogP contribution in [0, 0.1) is 0 Å². The van der Waals surface area contributed by atoms with E-state index in [0.29, 0.717) is 12.1 Å². The van der Waals surface area contributed by atoms with E-state index in [1.807, 2.05) is 0 Å². The number of hydrogen-bond donors (Lipinski definition) is 0. The Bertz CT molecular complexity index is 457. The Labute approximate surface area is 101 Å². The maximum atomic E-state index is 12.4. The number of hydrogen-bond acceptors (Lipinski definition) is 3. The molecule has 0 aromatic heterocycles. The summed E-state index contributed by atoms with van der Waals surface area (Å²) >= 11 is 0.182. The van der Waals surface area contributed by atoms with Gasteiger partial charge in [-0.3, -0.25) is 0 Å². The minimum atomic E-state index is -4.92. The van der Waals surface area contributed by atoms with Gasteiger partial charge < -0.3 is 0 Å². The molecule has 0 amide bonds. The molecule has 0 atom stereocenters. The van der Waals surface area contributed by atoms with Crippen LogP contribution in [0.4, 0.5) is 26.3 Å². The van der Waals surface area contributed by atoms with E-state index in [4.69, 9.17) is 0 Å². The minimum absolute atomic E-state index is 0.00527. The third-order valence-corrected chi connectivity index (χ3v) is 2.36. The van der Waals surface area contributed by atoms with Crippen molar-refractivity contribution in [3.05, 3.63) is 29.3 Å². The van der Waals surface area contributed by atoms with Gasteiger partial charge in [0, 0.05) is 16.8 Å². The van der Waals surface area contributed by atoms with Crippen molar-refractivity contribution < 1.29 is 31.1 Å². The van der Waals surface area contributed by atoms with Gasteiger partial charge >= 0.3 is 12.4 Å². The second-order valence-electron chi connectivity index (χ2n) is 3.02. The van der Waals surface area contributed by atoms with Crippen molar-refractivity contribution in [2.45, 2.75) is 17.2 Å². The predicted molar refractivity (Wildman–Crippen MR) is 50.4 cm³/mol. The predicted octanol–water partition coefficient (Wildman–Crippen LogP) is 4.07. The zero-order valence-corrected chi connectivity index (χ0v) is 9.08. The monoisotopic (exact) mass is 287 g/mol. The smallest absolute Gasteiger partial charge is 0.210 e. The SMILES string of the molecule is O=C=NSc1cc(C(F)(F)F)cc(C(F)(F)F)c1. The van der Waals surface area contributed by atoms with E-state index in [9.17, 15) is 31.1 Å². The molecule has 1 rings (SSSR count). The third kappa shape index (κ3) is 3.78. The maximum Gasteiger partial charge on any atom is 0.416 e. The van der Waals surface area contributed by atoms with Crippen molar-refractivity contribution in [3.8, 4) is 0 Å². The number of alkyl halides is 6. The van der Waals surface area contributed by atoms with Crippen molar-refractivity contribution in [1.29, 1.82) is 0 Å². The van der Waals surface area contributed by atoms with Gasteiger partial charge in [0.05, 0.1) is 11.1 Å². The Kier molecular flexibility index (Phi) is 4.08. The molecule has 0 spiro atoms. The van der Waals surface area contributed by atoms with Crippen LogP contribution in [-0.4, -0.2) is 6.08 Å². The standard InChI is InChI=1S/C9H3F6NOS/c10-8(11,12)5-1-6(9(13,14)15)3-7(2-5)18-16-4-17/h1-3H. The number of nitrogens with zero attached hydrogens (tertiary/aromatic N) is 1. The highest BCUT2D eigenvalue weighted by Gasteiger charge is 2.36. The Morgan fingerprint density at radius 3 is 1.72 bits per heavy atom. The molecular weight excluding hydrogens is 284 g/mol. The summed E-state index contributed by atoms with van der Waals surface area (Å²) in [6, 6.07) is 0.941. The molecule has 0 bridgehead atoms. The van der Waals surface area contributed by atoms with Crippen LogP contribution < -0.4 is 0 Å². The fourth-order valence-electron chi connectivity index (χ4n) is 1.05. The first-order valence-corrected chi connectivity index (χ1v) is 4.95. The van der Waals surface area contributed by atoms with Gasteiger partial charge in [0.2, 0.25) is 6.08 Å². The zero-order valence-electron chi connectivity index (χ0n) is 8.26. The molecule has 0 saturated heterocycles. The van der Waals surface area contributed by atoms with E-state index in [1.54, 1.807) is 0 Å². The third-order valence-electron chi connectivity index (χ3n) is 1.75. The molecule has 0 radical (unpaired) electrons. The normalized spacial score (nSPS) is 12.1. The van der Waals surface area contributed by atoms with Crippen LogP contribution in [0.15, 0.2) is 27.5 Å². The molecule has 0 fully saturated rings. The van der Waals surface area contributed by atoms with Gasteiger partial charge in [0.15, 0.2) is 0 Å². The molecule has 0 N–H and O–H groups in total. The molecule has 1 aromatic carbocycles. The van der Waals surface area contributed by atoms with Gasteiger partial charge in [-0.05, 0) is 18.2 Å². The highest BCUT2D eigenvalue weighted by Crippen LogP contribution is 2.38. The van der Waals surface area contributed by atoms with Crippen LogP contribution in [-0.2, 0) is 17.1 Å². The van der Waals surface area contributed by atoms with E-state index in [0.717, 1.165) is 6.08 Å². The van der Waals surface area contributed by atoms with E-state index in [-0.39, 0.29) is 18.0 Å². The second-order valence-corrected chi connectivity index (χ2v) is 3.85. The van der Waals surface area contributed by atoms with Crippen LogP contribution in [0.1, 0.15) is 11.1 Å². The van der Waals surface area contributed by atoms with Crippen LogP contribution in [0.25, 0.3) is 0 Å².